The second kappa shape index (κ2) is 10.9. The highest BCUT2D eigenvalue weighted by Gasteiger charge is 2.37. The molecule has 2 aromatic heterocycles. The summed E-state index contributed by atoms with van der Waals surface area (Å²) in [4.78, 5) is 15.1. The van der Waals surface area contributed by atoms with Crippen molar-refractivity contribution in [1.29, 1.82) is 0 Å². The number of thiazole rings is 1. The van der Waals surface area contributed by atoms with Crippen molar-refractivity contribution in [2.75, 3.05) is 13.2 Å². The van der Waals surface area contributed by atoms with Crippen molar-refractivity contribution in [2.24, 2.45) is 11.1 Å². The fourth-order valence-electron chi connectivity index (χ4n) is 4.72. The Morgan fingerprint density at radius 1 is 1.19 bits per heavy atom. The third-order valence-corrected chi connectivity index (χ3v) is 8.93. The largest absolute Gasteiger partial charge is 0.476 e. The van der Waals surface area contributed by atoms with Gasteiger partial charge in [0.25, 0.3) is 0 Å². The Kier molecular flexibility index (Phi) is 7.37. The minimum absolute atomic E-state index is 0.0587. The van der Waals surface area contributed by atoms with E-state index in [1.54, 1.807) is 4.68 Å². The quantitative estimate of drug-likeness (QED) is 0.278. The van der Waals surface area contributed by atoms with Gasteiger partial charge in [-0.3, -0.25) is 0 Å². The van der Waals surface area contributed by atoms with Gasteiger partial charge >= 0.3 is 5.97 Å². The minimum Gasteiger partial charge on any atom is -0.476 e. The highest BCUT2D eigenvalue weighted by Crippen LogP contribution is 2.38. The number of carboxylic acid groups (broad SMARTS) is 1. The molecule has 0 atom stereocenters. The molecular formula is C29H23F3N4O5S2. The van der Waals surface area contributed by atoms with Crippen LogP contribution in [0.4, 0.5) is 13.2 Å². The lowest BCUT2D eigenvalue weighted by molar-refractivity contribution is -0.0934. The summed E-state index contributed by atoms with van der Waals surface area (Å²) in [6.45, 7) is -0.402. The summed E-state index contributed by atoms with van der Waals surface area (Å²) in [5, 5.41) is 21.0. The van der Waals surface area contributed by atoms with E-state index in [1.807, 2.05) is 0 Å². The van der Waals surface area contributed by atoms with Crippen LogP contribution in [0, 0.1) is 29.4 Å². The van der Waals surface area contributed by atoms with E-state index in [2.05, 4.69) is 16.8 Å². The number of nitrogens with two attached hydrogens (primary N) is 1. The standard InChI is InChI=1S/C29H23F3N4O5S2/c30-21-5-4-19(12-18(21)7-8-29(32)14-41-15-29)26-20(9-17-3-6-25(22(31)10-17)43(33,39)40)24(11-16-1-2-16)36(35-26)28-34-23(13-42-28)27(37)38/h3-6,10,12-13,16H,1-2,9,11,14-15H2,(H,37,38)(H2,33,39,40). The Hall–Kier alpha value is -4.03. The first-order chi connectivity index (χ1) is 20.4. The Balaban J connectivity index is 1.51. The zero-order valence-corrected chi connectivity index (χ0v) is 23.9. The second-order valence-corrected chi connectivity index (χ2v) is 12.9. The number of aromatic carboxylic acids is 1. The van der Waals surface area contributed by atoms with Crippen molar-refractivity contribution in [2.45, 2.75) is 36.2 Å². The monoisotopic (exact) mass is 628 g/mol. The first-order valence-electron chi connectivity index (χ1n) is 13.1. The van der Waals surface area contributed by atoms with Crippen LogP contribution >= 0.6 is 11.3 Å². The number of sulfonamides is 1. The minimum atomic E-state index is -4.28. The molecular weight excluding hydrogens is 605 g/mol. The highest BCUT2D eigenvalue weighted by atomic mass is 32.2. The number of benzene rings is 2. The van der Waals surface area contributed by atoms with Crippen LogP contribution in [-0.2, 0) is 27.6 Å². The van der Waals surface area contributed by atoms with Gasteiger partial charge in [-0.1, -0.05) is 17.9 Å². The Morgan fingerprint density at radius 3 is 2.56 bits per heavy atom. The summed E-state index contributed by atoms with van der Waals surface area (Å²) < 4.78 is 74.0. The molecule has 3 N–H and O–H groups in total. The molecule has 2 aliphatic rings. The third-order valence-electron chi connectivity index (χ3n) is 7.17. The average molecular weight is 629 g/mol. The molecule has 0 radical (unpaired) electrons. The summed E-state index contributed by atoms with van der Waals surface area (Å²) in [7, 11) is -4.28. The number of aromatic nitrogens is 3. The maximum atomic E-state index is 14.8. The van der Waals surface area contributed by atoms with Crippen LogP contribution in [0.25, 0.3) is 16.4 Å². The van der Waals surface area contributed by atoms with Crippen molar-refractivity contribution >= 4 is 27.3 Å². The average Bonchev–Trinajstić information content (AvgIpc) is 3.49. The van der Waals surface area contributed by atoms with Gasteiger partial charge in [-0.25, -0.2) is 41.2 Å². The first kappa shape index (κ1) is 29.1. The van der Waals surface area contributed by atoms with Crippen molar-refractivity contribution in [3.8, 4) is 28.2 Å². The summed E-state index contributed by atoms with van der Waals surface area (Å²) in [5.74, 6) is 2.46. The maximum Gasteiger partial charge on any atom is 0.355 e. The normalized spacial score (nSPS) is 15.9. The maximum absolute atomic E-state index is 14.8. The molecule has 0 bridgehead atoms. The summed E-state index contributed by atoms with van der Waals surface area (Å²) in [6.07, 6.45) is 2.60. The van der Waals surface area contributed by atoms with E-state index in [4.69, 9.17) is 15.0 Å². The molecule has 222 valence electrons. The Labute approximate surface area is 248 Å². The molecule has 0 spiro atoms. The smallest absolute Gasteiger partial charge is 0.355 e. The van der Waals surface area contributed by atoms with E-state index < -0.39 is 38.2 Å². The zero-order valence-electron chi connectivity index (χ0n) is 22.3. The fourth-order valence-corrected chi connectivity index (χ4v) is 6.08. The number of hydrogen-bond acceptors (Lipinski definition) is 7. The van der Waals surface area contributed by atoms with Gasteiger partial charge < -0.3 is 9.84 Å². The van der Waals surface area contributed by atoms with Gasteiger partial charge in [-0.2, -0.15) is 5.10 Å². The molecule has 9 nitrogen and oxygen atoms in total. The molecule has 14 heteroatoms. The van der Waals surface area contributed by atoms with Gasteiger partial charge in [-0.15, -0.1) is 11.3 Å². The molecule has 4 aromatic rings. The lowest BCUT2D eigenvalue weighted by Gasteiger charge is -2.28. The van der Waals surface area contributed by atoms with Crippen LogP contribution in [0.5, 0.6) is 0 Å². The lowest BCUT2D eigenvalue weighted by Crippen LogP contribution is -2.44. The van der Waals surface area contributed by atoms with Gasteiger partial charge in [-0.05, 0) is 61.1 Å². The third kappa shape index (κ3) is 6.07. The van der Waals surface area contributed by atoms with Crippen molar-refractivity contribution < 1.29 is 36.2 Å². The predicted molar refractivity (Wildman–Crippen MR) is 150 cm³/mol. The lowest BCUT2D eigenvalue weighted by atomic mass is 9.96. The van der Waals surface area contributed by atoms with E-state index in [1.165, 1.54) is 29.6 Å². The second-order valence-electron chi connectivity index (χ2n) is 10.5. The highest BCUT2D eigenvalue weighted by molar-refractivity contribution is 7.89. The van der Waals surface area contributed by atoms with Crippen LogP contribution < -0.4 is 5.14 Å². The summed E-state index contributed by atoms with van der Waals surface area (Å²) in [6, 6.07) is 7.74. The van der Waals surface area contributed by atoms with E-state index in [0.717, 1.165) is 36.3 Å². The van der Waals surface area contributed by atoms with Crippen LogP contribution in [0.15, 0.2) is 46.7 Å². The molecule has 0 amide bonds. The van der Waals surface area contributed by atoms with E-state index in [0.29, 0.717) is 45.5 Å². The number of halogens is 3. The number of hydrogen-bond donors (Lipinski definition) is 2. The number of nitrogens with zero attached hydrogens (tertiary/aromatic N) is 3. The number of carbonyl (C=O) groups is 1. The molecule has 2 fully saturated rings. The topological polar surface area (TPSA) is 137 Å². The van der Waals surface area contributed by atoms with Crippen molar-refractivity contribution in [1.82, 2.24) is 14.8 Å². The van der Waals surface area contributed by atoms with Crippen molar-refractivity contribution in [3.05, 3.63) is 81.5 Å². The van der Waals surface area contributed by atoms with Gasteiger partial charge in [0.05, 0.1) is 30.2 Å². The molecule has 6 rings (SSSR count). The van der Waals surface area contributed by atoms with Crippen molar-refractivity contribution in [3.63, 3.8) is 0 Å². The number of rotatable bonds is 8. The fraction of sp³-hybridized carbons (Fsp3) is 0.276. The van der Waals surface area contributed by atoms with E-state index in [-0.39, 0.29) is 30.9 Å². The summed E-state index contributed by atoms with van der Waals surface area (Å²) in [5.41, 5.74) is 0.487. The van der Waals surface area contributed by atoms with Gasteiger partial charge in [0.2, 0.25) is 20.8 Å². The van der Waals surface area contributed by atoms with Gasteiger partial charge in [0, 0.05) is 22.9 Å². The SMILES string of the molecule is NS(=O)(=O)c1ccc(Cc2c(-c3ccc(F)c(C#CC4(F)COC4)c3)nn(-c3nc(C(=O)O)cs3)c2CC2CC2)cc1F. The molecule has 2 aromatic carbocycles. The van der Waals surface area contributed by atoms with Crippen LogP contribution in [0.2, 0.25) is 0 Å². The van der Waals surface area contributed by atoms with Gasteiger partial charge in [0.1, 0.15) is 16.5 Å². The Bertz CT molecular complexity index is 1940. The molecule has 43 heavy (non-hydrogen) atoms. The van der Waals surface area contributed by atoms with E-state index in [9.17, 15) is 31.5 Å². The number of carboxylic acids is 1. The van der Waals surface area contributed by atoms with Crippen LogP contribution in [0.1, 0.15) is 45.7 Å². The number of primary sulfonamides is 1. The van der Waals surface area contributed by atoms with E-state index >= 15 is 0 Å². The van der Waals surface area contributed by atoms with Crippen LogP contribution in [-0.4, -0.2) is 53.1 Å². The molecule has 1 saturated carbocycles. The molecule has 1 aliphatic carbocycles. The van der Waals surface area contributed by atoms with Gasteiger partial charge in [0.15, 0.2) is 5.69 Å². The predicted octanol–water partition coefficient (Wildman–Crippen LogP) is 4.25. The molecule has 0 unspecified atom stereocenters. The number of alkyl halides is 1. The Morgan fingerprint density at radius 2 is 1.95 bits per heavy atom. The molecule has 1 saturated heterocycles. The number of ether oxygens (including phenoxy) is 1. The summed E-state index contributed by atoms with van der Waals surface area (Å²) >= 11 is 1.08. The molecule has 3 heterocycles. The zero-order chi connectivity index (χ0) is 30.5. The first-order valence-corrected chi connectivity index (χ1v) is 15.5. The van der Waals surface area contributed by atoms with Crippen LogP contribution in [0.3, 0.4) is 0 Å². The molecule has 1 aliphatic heterocycles.